The number of ether oxygens (including phenoxy) is 1. The summed E-state index contributed by atoms with van der Waals surface area (Å²) in [5, 5.41) is 18.7. The molecule has 53 heavy (non-hydrogen) atoms. The van der Waals surface area contributed by atoms with Gasteiger partial charge < -0.3 is 40.2 Å². The summed E-state index contributed by atoms with van der Waals surface area (Å²) in [5.41, 5.74) is 5.74. The fraction of sp³-hybridized carbons (Fsp3) is 0.459. The number of carboxylic acid groups (broad SMARTS) is 1. The summed E-state index contributed by atoms with van der Waals surface area (Å²) in [4.78, 5) is 70.7. The molecule has 2 saturated heterocycles. The molecule has 4 atom stereocenters. The van der Waals surface area contributed by atoms with Gasteiger partial charge in [0, 0.05) is 35.0 Å². The number of hydrogen-bond acceptors (Lipinski definition) is 9. The molecule has 2 fully saturated rings. The highest BCUT2D eigenvalue weighted by atomic mass is 32.1. The third-order valence-electron chi connectivity index (χ3n) is 10.3. The number of imidazole rings is 2. The van der Waals surface area contributed by atoms with Crippen molar-refractivity contribution in [1.82, 2.24) is 40.4 Å². The molecule has 6 heterocycles. The Bertz CT molecular complexity index is 2170. The summed E-state index contributed by atoms with van der Waals surface area (Å²) in [6.07, 6.45) is 3.16. The van der Waals surface area contributed by atoms with Crippen LogP contribution in [0.1, 0.15) is 77.1 Å². The average Bonchev–Trinajstić information content (AvgIpc) is 3.97. The van der Waals surface area contributed by atoms with Crippen LogP contribution < -0.4 is 10.6 Å². The number of carbonyl (C=O) groups is 4. The number of aromatic amines is 2. The van der Waals surface area contributed by atoms with Crippen molar-refractivity contribution in [3.05, 3.63) is 46.8 Å². The van der Waals surface area contributed by atoms with E-state index in [4.69, 9.17) is 14.7 Å². The smallest absolute Gasteiger partial charge is 0.407 e. The Morgan fingerprint density at radius 2 is 1.47 bits per heavy atom. The Morgan fingerprint density at radius 1 is 0.868 bits per heavy atom. The zero-order valence-corrected chi connectivity index (χ0v) is 31.9. The lowest BCUT2D eigenvalue weighted by molar-refractivity contribution is -0.136. The van der Waals surface area contributed by atoms with Crippen molar-refractivity contribution in [1.29, 1.82) is 0 Å². The van der Waals surface area contributed by atoms with Gasteiger partial charge in [-0.3, -0.25) is 9.59 Å². The molecule has 5 aromatic rings. The Morgan fingerprint density at radius 3 is 2.09 bits per heavy atom. The quantitative estimate of drug-likeness (QED) is 0.102. The van der Waals surface area contributed by atoms with Crippen LogP contribution in [0.4, 0.5) is 9.59 Å². The second kappa shape index (κ2) is 14.8. The fourth-order valence-corrected chi connectivity index (χ4v) is 9.97. The van der Waals surface area contributed by atoms with Crippen LogP contribution in [0, 0.1) is 11.8 Å². The maximum absolute atomic E-state index is 13.6. The topological polar surface area (TPSA) is 186 Å². The van der Waals surface area contributed by atoms with E-state index in [2.05, 4.69) is 43.5 Å². The molecule has 1 aromatic carbocycles. The summed E-state index contributed by atoms with van der Waals surface area (Å²) in [6, 6.07) is 4.16. The van der Waals surface area contributed by atoms with Crippen LogP contribution in [0.25, 0.3) is 42.8 Å². The van der Waals surface area contributed by atoms with Crippen molar-refractivity contribution in [2.24, 2.45) is 11.8 Å². The number of aromatic nitrogens is 4. The molecule has 7 rings (SSSR count). The molecule has 0 spiro atoms. The Balaban J connectivity index is 1.11. The summed E-state index contributed by atoms with van der Waals surface area (Å²) in [5.74, 6) is 0.747. The number of rotatable bonds is 10. The van der Waals surface area contributed by atoms with Crippen LogP contribution in [-0.4, -0.2) is 91.1 Å². The molecule has 2 aliphatic rings. The lowest BCUT2D eigenvalue weighted by Gasteiger charge is -2.30. The van der Waals surface area contributed by atoms with Crippen molar-refractivity contribution >= 4 is 67.1 Å². The minimum atomic E-state index is -1.21. The van der Waals surface area contributed by atoms with Gasteiger partial charge in [-0.1, -0.05) is 33.8 Å². The minimum Gasteiger partial charge on any atom is -0.465 e. The van der Waals surface area contributed by atoms with E-state index in [1.54, 1.807) is 27.6 Å². The highest BCUT2D eigenvalue weighted by Gasteiger charge is 2.39. The van der Waals surface area contributed by atoms with E-state index in [0.717, 1.165) is 74.3 Å². The molecular formula is C37H44N8O6S2. The number of H-pyrrole nitrogens is 2. The van der Waals surface area contributed by atoms with Crippen LogP contribution >= 0.6 is 22.7 Å². The molecular weight excluding hydrogens is 717 g/mol. The van der Waals surface area contributed by atoms with Gasteiger partial charge in [0.1, 0.15) is 23.7 Å². The van der Waals surface area contributed by atoms with Gasteiger partial charge in [0.05, 0.1) is 51.5 Å². The molecule has 14 nitrogen and oxygen atoms in total. The van der Waals surface area contributed by atoms with Crippen molar-refractivity contribution in [3.63, 3.8) is 0 Å². The van der Waals surface area contributed by atoms with Gasteiger partial charge in [-0.05, 0) is 55.2 Å². The van der Waals surface area contributed by atoms with E-state index in [-0.39, 0.29) is 35.7 Å². The lowest BCUT2D eigenvalue weighted by atomic mass is 10.0. The molecule has 4 amide bonds. The van der Waals surface area contributed by atoms with Gasteiger partial charge in [0.25, 0.3) is 0 Å². The maximum atomic E-state index is 13.6. The van der Waals surface area contributed by atoms with Crippen molar-refractivity contribution in [2.45, 2.75) is 77.5 Å². The number of amides is 4. The summed E-state index contributed by atoms with van der Waals surface area (Å²) in [7, 11) is 1.29. The third-order valence-corrected chi connectivity index (χ3v) is 12.4. The van der Waals surface area contributed by atoms with E-state index >= 15 is 0 Å². The average molecular weight is 761 g/mol. The zero-order chi connectivity index (χ0) is 37.6. The largest absolute Gasteiger partial charge is 0.465 e. The molecule has 0 bridgehead atoms. The molecule has 2 unspecified atom stereocenters. The molecule has 16 heteroatoms. The third kappa shape index (κ3) is 6.97. The first kappa shape index (κ1) is 36.4. The number of thiophene rings is 2. The summed E-state index contributed by atoms with van der Waals surface area (Å²) in [6.45, 7) is 8.61. The predicted octanol–water partition coefficient (Wildman–Crippen LogP) is 6.90. The highest BCUT2D eigenvalue weighted by Crippen LogP contribution is 2.45. The standard InChI is InChI=1S/C37H44N8O6S2/c1-18(2)28(42-36(48)49)34(46)45-13-7-9-27(45)33-39-23-11-10-20(14-24(23)40-33)21-16-52-31-22(17-53-30(21)31)25-15-38-32(41-25)26-8-6-12-44(26)35(47)29(19(3)4)43-37(50)51-5/h10-11,14-19,26-29,42H,6-9,12-13H2,1-5H3,(H,38,41)(H,39,40)(H,43,50)(H,48,49)/t26?,27?,28-,29+/m1/s1. The molecule has 0 saturated carbocycles. The maximum Gasteiger partial charge on any atom is 0.407 e. The zero-order valence-electron chi connectivity index (χ0n) is 30.3. The van der Waals surface area contributed by atoms with Crippen LogP contribution in [0.15, 0.2) is 35.2 Å². The number of likely N-dealkylation sites (tertiary alicyclic amines) is 2. The number of carbonyl (C=O) groups excluding carboxylic acids is 3. The molecule has 5 N–H and O–H groups in total. The molecule has 280 valence electrons. The number of fused-ring (bicyclic) bond motifs is 2. The minimum absolute atomic E-state index is 0.112. The Kier molecular flexibility index (Phi) is 10.2. The highest BCUT2D eigenvalue weighted by molar-refractivity contribution is 7.27. The van der Waals surface area contributed by atoms with Crippen LogP contribution in [0.2, 0.25) is 0 Å². The van der Waals surface area contributed by atoms with Gasteiger partial charge in [0.2, 0.25) is 11.8 Å². The Hall–Kier alpha value is -4.96. The van der Waals surface area contributed by atoms with Crippen molar-refractivity contribution in [2.75, 3.05) is 20.2 Å². The first-order valence-corrected chi connectivity index (χ1v) is 19.7. The number of methoxy groups -OCH3 is 1. The number of hydrogen-bond donors (Lipinski definition) is 5. The first-order valence-electron chi connectivity index (χ1n) is 17.9. The molecule has 0 radical (unpaired) electrons. The van der Waals surface area contributed by atoms with Crippen molar-refractivity contribution < 1.29 is 29.0 Å². The van der Waals surface area contributed by atoms with Gasteiger partial charge in [0.15, 0.2) is 0 Å². The van der Waals surface area contributed by atoms with Crippen LogP contribution in [0.5, 0.6) is 0 Å². The number of benzene rings is 1. The van der Waals surface area contributed by atoms with E-state index in [0.29, 0.717) is 18.9 Å². The fourth-order valence-electron chi connectivity index (χ4n) is 7.53. The van der Waals surface area contributed by atoms with Gasteiger partial charge in [-0.25, -0.2) is 19.6 Å². The second-order valence-corrected chi connectivity index (χ2v) is 16.2. The van der Waals surface area contributed by atoms with Crippen LogP contribution in [-0.2, 0) is 14.3 Å². The van der Waals surface area contributed by atoms with Gasteiger partial charge in [-0.2, -0.15) is 0 Å². The summed E-state index contributed by atoms with van der Waals surface area (Å²) < 4.78 is 7.06. The lowest BCUT2D eigenvalue weighted by Crippen LogP contribution is -2.51. The second-order valence-electron chi connectivity index (χ2n) is 14.4. The number of nitrogens with one attached hydrogen (secondary N) is 4. The van der Waals surface area contributed by atoms with E-state index in [1.807, 2.05) is 44.9 Å². The van der Waals surface area contributed by atoms with E-state index in [9.17, 15) is 24.3 Å². The van der Waals surface area contributed by atoms with E-state index < -0.39 is 24.3 Å². The van der Waals surface area contributed by atoms with E-state index in [1.165, 1.54) is 7.11 Å². The Labute approximate surface area is 314 Å². The summed E-state index contributed by atoms with van der Waals surface area (Å²) >= 11 is 3.34. The molecule has 0 aliphatic carbocycles. The SMILES string of the molecule is COC(=O)N[C@H](C(=O)N1CCCC1c1ncc(-c2csc3c(-c4ccc5[nH]c(C6CCCN6C(=O)[C@H](NC(=O)O)C(C)C)nc5c4)csc23)[nH]1)C(C)C. The van der Waals surface area contributed by atoms with Gasteiger partial charge >= 0.3 is 12.2 Å². The molecule has 4 aromatic heterocycles. The molecule has 2 aliphatic heterocycles. The van der Waals surface area contributed by atoms with Crippen LogP contribution in [0.3, 0.4) is 0 Å². The normalized spacial score (nSPS) is 18.7. The number of nitrogens with zero attached hydrogens (tertiary/aromatic N) is 4. The predicted molar refractivity (Wildman–Crippen MR) is 204 cm³/mol. The number of alkyl carbamates (subject to hydrolysis) is 1. The first-order chi connectivity index (χ1) is 25.4. The monoisotopic (exact) mass is 760 g/mol. The van der Waals surface area contributed by atoms with Crippen molar-refractivity contribution in [3.8, 4) is 22.4 Å². The van der Waals surface area contributed by atoms with Gasteiger partial charge in [-0.15, -0.1) is 22.7 Å².